The summed E-state index contributed by atoms with van der Waals surface area (Å²) in [7, 11) is 0. The van der Waals surface area contributed by atoms with Crippen LogP contribution in [0.5, 0.6) is 0 Å². The lowest BCUT2D eigenvalue weighted by Crippen LogP contribution is -2.44. The van der Waals surface area contributed by atoms with Crippen molar-refractivity contribution in [3.8, 4) is 11.6 Å². The predicted octanol–water partition coefficient (Wildman–Crippen LogP) is 2.65. The van der Waals surface area contributed by atoms with Gasteiger partial charge in [0.15, 0.2) is 5.82 Å². The molecule has 0 radical (unpaired) electrons. The van der Waals surface area contributed by atoms with E-state index in [2.05, 4.69) is 31.1 Å². The molecule has 5 nitrogen and oxygen atoms in total. The lowest BCUT2D eigenvalue weighted by atomic mass is 9.77. The van der Waals surface area contributed by atoms with Crippen molar-refractivity contribution in [2.45, 2.75) is 24.8 Å². The first-order valence-corrected chi connectivity index (χ1v) is 6.22. The van der Waals surface area contributed by atoms with Crippen LogP contribution in [-0.2, 0) is 5.54 Å². The Labute approximate surface area is 119 Å². The molecule has 0 unspecified atom stereocenters. The standard InChI is InChI=1S/C11H11BrN4O.ClH/c12-7-2-3-8(14-6-7)9-15-10(16-17-9)11(13)4-1-5-11;/h2-3,6H,1,4-5,13H2;1H. The van der Waals surface area contributed by atoms with E-state index in [9.17, 15) is 0 Å². The molecule has 2 aromatic heterocycles. The molecule has 0 aromatic carbocycles. The van der Waals surface area contributed by atoms with Gasteiger partial charge in [-0.1, -0.05) is 5.16 Å². The van der Waals surface area contributed by atoms with Crippen LogP contribution < -0.4 is 5.73 Å². The van der Waals surface area contributed by atoms with Gasteiger partial charge in [0.1, 0.15) is 5.69 Å². The molecule has 0 atom stereocenters. The van der Waals surface area contributed by atoms with Gasteiger partial charge < -0.3 is 10.3 Å². The summed E-state index contributed by atoms with van der Waals surface area (Å²) < 4.78 is 6.11. The number of pyridine rings is 1. The molecule has 18 heavy (non-hydrogen) atoms. The zero-order chi connectivity index (χ0) is 11.9. The highest BCUT2D eigenvalue weighted by atomic mass is 79.9. The zero-order valence-corrected chi connectivity index (χ0v) is 11.9. The van der Waals surface area contributed by atoms with Crippen LogP contribution in [0.3, 0.4) is 0 Å². The van der Waals surface area contributed by atoms with Gasteiger partial charge in [-0.15, -0.1) is 12.4 Å². The molecule has 0 bridgehead atoms. The fourth-order valence-corrected chi connectivity index (χ4v) is 2.05. The zero-order valence-electron chi connectivity index (χ0n) is 9.47. The van der Waals surface area contributed by atoms with Gasteiger partial charge in [0.25, 0.3) is 5.89 Å². The molecule has 2 N–H and O–H groups in total. The molecular formula is C11H12BrClN4O. The second-order valence-corrected chi connectivity index (χ2v) is 5.21. The topological polar surface area (TPSA) is 77.8 Å². The van der Waals surface area contributed by atoms with Gasteiger partial charge in [-0.2, -0.15) is 4.98 Å². The number of rotatable bonds is 2. The third-order valence-electron chi connectivity index (χ3n) is 3.06. The van der Waals surface area contributed by atoms with E-state index < -0.39 is 5.54 Å². The summed E-state index contributed by atoms with van der Waals surface area (Å²) in [5.41, 5.74) is 6.40. The number of hydrogen-bond acceptors (Lipinski definition) is 5. The monoisotopic (exact) mass is 330 g/mol. The summed E-state index contributed by atoms with van der Waals surface area (Å²) in [6, 6.07) is 3.71. The van der Waals surface area contributed by atoms with Crippen LogP contribution in [0.2, 0.25) is 0 Å². The van der Waals surface area contributed by atoms with Gasteiger partial charge >= 0.3 is 0 Å². The molecule has 0 aliphatic heterocycles. The number of nitrogens with two attached hydrogens (primary N) is 1. The van der Waals surface area contributed by atoms with Crippen molar-refractivity contribution < 1.29 is 4.52 Å². The normalized spacial score (nSPS) is 16.8. The molecule has 1 aliphatic rings. The first kappa shape index (κ1) is 13.5. The van der Waals surface area contributed by atoms with Crippen molar-refractivity contribution in [3.63, 3.8) is 0 Å². The van der Waals surface area contributed by atoms with E-state index in [0.717, 1.165) is 23.7 Å². The van der Waals surface area contributed by atoms with Crippen LogP contribution >= 0.6 is 28.3 Å². The van der Waals surface area contributed by atoms with Crippen LogP contribution in [0.1, 0.15) is 25.1 Å². The minimum atomic E-state index is -0.392. The Morgan fingerprint density at radius 2 is 2.11 bits per heavy atom. The fourth-order valence-electron chi connectivity index (χ4n) is 1.81. The van der Waals surface area contributed by atoms with Gasteiger partial charge in [-0.3, -0.25) is 0 Å². The van der Waals surface area contributed by atoms with Crippen molar-refractivity contribution in [2.75, 3.05) is 0 Å². The quantitative estimate of drug-likeness (QED) is 0.915. The van der Waals surface area contributed by atoms with Crippen LogP contribution in [-0.4, -0.2) is 15.1 Å². The van der Waals surface area contributed by atoms with E-state index in [1.807, 2.05) is 12.1 Å². The third-order valence-corrected chi connectivity index (χ3v) is 3.53. The van der Waals surface area contributed by atoms with E-state index in [1.54, 1.807) is 6.20 Å². The van der Waals surface area contributed by atoms with E-state index in [1.165, 1.54) is 0 Å². The molecule has 1 aliphatic carbocycles. The minimum absolute atomic E-state index is 0. The van der Waals surface area contributed by atoms with Gasteiger partial charge in [-0.25, -0.2) is 4.98 Å². The molecule has 0 amide bonds. The summed E-state index contributed by atoms with van der Waals surface area (Å²) in [5.74, 6) is 1.01. The summed E-state index contributed by atoms with van der Waals surface area (Å²) in [6.07, 6.45) is 4.65. The van der Waals surface area contributed by atoms with E-state index >= 15 is 0 Å². The number of halogens is 2. The van der Waals surface area contributed by atoms with Crippen LogP contribution in [0.15, 0.2) is 27.3 Å². The predicted molar refractivity (Wildman–Crippen MR) is 72.2 cm³/mol. The number of hydrogen-bond donors (Lipinski definition) is 1. The van der Waals surface area contributed by atoms with Crippen molar-refractivity contribution in [3.05, 3.63) is 28.6 Å². The van der Waals surface area contributed by atoms with Crippen molar-refractivity contribution in [1.29, 1.82) is 0 Å². The van der Waals surface area contributed by atoms with Crippen molar-refractivity contribution >= 4 is 28.3 Å². The number of nitrogens with zero attached hydrogens (tertiary/aromatic N) is 3. The van der Waals surface area contributed by atoms with Crippen molar-refractivity contribution in [1.82, 2.24) is 15.1 Å². The molecule has 3 rings (SSSR count). The Morgan fingerprint density at radius 1 is 1.33 bits per heavy atom. The average Bonchev–Trinajstić information content (AvgIpc) is 2.76. The molecule has 0 saturated heterocycles. The lowest BCUT2D eigenvalue weighted by molar-refractivity contribution is 0.229. The van der Waals surface area contributed by atoms with Gasteiger partial charge in [0, 0.05) is 10.7 Å². The first-order chi connectivity index (χ1) is 8.17. The molecule has 0 spiro atoms. The van der Waals surface area contributed by atoms with Crippen LogP contribution in [0.4, 0.5) is 0 Å². The Morgan fingerprint density at radius 3 is 2.67 bits per heavy atom. The average molecular weight is 332 g/mol. The molecule has 2 aromatic rings. The summed E-state index contributed by atoms with van der Waals surface area (Å²) >= 11 is 3.33. The maximum absolute atomic E-state index is 6.13. The Bertz CT molecular complexity index is 538. The highest BCUT2D eigenvalue weighted by Gasteiger charge is 2.39. The van der Waals surface area contributed by atoms with Crippen molar-refractivity contribution in [2.24, 2.45) is 5.73 Å². The summed E-state index contributed by atoms with van der Waals surface area (Å²) in [4.78, 5) is 8.53. The largest absolute Gasteiger partial charge is 0.332 e. The summed E-state index contributed by atoms with van der Waals surface area (Å²) in [6.45, 7) is 0. The summed E-state index contributed by atoms with van der Waals surface area (Å²) in [5, 5.41) is 3.95. The van der Waals surface area contributed by atoms with Crippen LogP contribution in [0, 0.1) is 0 Å². The second kappa shape index (κ2) is 4.95. The SMILES string of the molecule is Cl.NC1(c2noc(-c3ccc(Br)cn3)n2)CCC1. The number of aromatic nitrogens is 3. The Kier molecular flexibility index (Phi) is 3.70. The molecule has 7 heteroatoms. The molecule has 1 fully saturated rings. The van der Waals surface area contributed by atoms with Crippen LogP contribution in [0.25, 0.3) is 11.6 Å². The molecule has 96 valence electrons. The first-order valence-electron chi connectivity index (χ1n) is 5.42. The highest BCUT2D eigenvalue weighted by Crippen LogP contribution is 2.37. The molecule has 2 heterocycles. The smallest absolute Gasteiger partial charge is 0.276 e. The fraction of sp³-hybridized carbons (Fsp3) is 0.364. The lowest BCUT2D eigenvalue weighted by Gasteiger charge is -2.34. The van der Waals surface area contributed by atoms with E-state index in [4.69, 9.17) is 10.3 Å². The molecular weight excluding hydrogens is 320 g/mol. The Hall–Kier alpha value is -0.980. The third kappa shape index (κ3) is 2.28. The Balaban J connectivity index is 0.00000120. The maximum atomic E-state index is 6.13. The minimum Gasteiger partial charge on any atom is -0.332 e. The molecule has 1 saturated carbocycles. The maximum Gasteiger partial charge on any atom is 0.276 e. The van der Waals surface area contributed by atoms with E-state index in [0.29, 0.717) is 17.4 Å². The van der Waals surface area contributed by atoms with Gasteiger partial charge in [0.2, 0.25) is 0 Å². The van der Waals surface area contributed by atoms with Gasteiger partial charge in [-0.05, 0) is 47.3 Å². The highest BCUT2D eigenvalue weighted by molar-refractivity contribution is 9.10. The van der Waals surface area contributed by atoms with E-state index in [-0.39, 0.29) is 12.4 Å². The second-order valence-electron chi connectivity index (χ2n) is 4.29. The van der Waals surface area contributed by atoms with Gasteiger partial charge in [0.05, 0.1) is 5.54 Å².